The Morgan fingerprint density at radius 3 is 2.47 bits per heavy atom. The van der Waals surface area contributed by atoms with Gasteiger partial charge in [0.25, 0.3) is 0 Å². The first-order valence-corrected chi connectivity index (χ1v) is 5.63. The van der Waals surface area contributed by atoms with Crippen LogP contribution in [-0.4, -0.2) is 17.1 Å². The average molecular weight is 280 g/mol. The van der Waals surface area contributed by atoms with Crippen LogP contribution in [0.1, 0.15) is 13.3 Å². The van der Waals surface area contributed by atoms with Crippen LogP contribution in [0.2, 0.25) is 10.0 Å². The van der Waals surface area contributed by atoms with Gasteiger partial charge in [-0.2, -0.15) is 0 Å². The predicted octanol–water partition coefficient (Wildman–Crippen LogP) is 3.07. The van der Waals surface area contributed by atoms with Gasteiger partial charge in [-0.05, 0) is 18.6 Å². The van der Waals surface area contributed by atoms with Crippen molar-refractivity contribution in [1.29, 1.82) is 0 Å². The zero-order chi connectivity index (χ0) is 13.0. The molecular weight excluding hydrogens is 268 g/mol. The molecular formula is C10H12Cl2FN3O. The van der Waals surface area contributed by atoms with Crippen LogP contribution in [0.15, 0.2) is 17.3 Å². The summed E-state index contributed by atoms with van der Waals surface area (Å²) in [6, 6.07) is 1.84. The van der Waals surface area contributed by atoms with Gasteiger partial charge in [-0.25, -0.2) is 4.39 Å². The number of nitrogens with two attached hydrogens (primary N) is 1. The van der Waals surface area contributed by atoms with Gasteiger partial charge in [0, 0.05) is 0 Å². The highest BCUT2D eigenvalue weighted by molar-refractivity contribution is 6.39. The van der Waals surface area contributed by atoms with Crippen LogP contribution in [0.5, 0.6) is 0 Å². The molecule has 1 atom stereocenters. The summed E-state index contributed by atoms with van der Waals surface area (Å²) in [6.45, 7) is 1.83. The predicted molar refractivity (Wildman–Crippen MR) is 67.5 cm³/mol. The van der Waals surface area contributed by atoms with Crippen LogP contribution in [0.4, 0.5) is 10.1 Å². The molecule has 1 rings (SSSR count). The number of rotatable bonds is 4. The second-order valence-corrected chi connectivity index (χ2v) is 4.19. The summed E-state index contributed by atoms with van der Waals surface area (Å²) in [5, 5.41) is 14.7. The fraction of sp³-hybridized carbons (Fsp3) is 0.300. The zero-order valence-electron chi connectivity index (χ0n) is 9.04. The summed E-state index contributed by atoms with van der Waals surface area (Å²) in [5.41, 5.74) is 5.84. The first kappa shape index (κ1) is 13.9. The van der Waals surface area contributed by atoms with Gasteiger partial charge in [-0.3, -0.25) is 0 Å². The van der Waals surface area contributed by atoms with Crippen LogP contribution < -0.4 is 11.1 Å². The van der Waals surface area contributed by atoms with Crippen molar-refractivity contribution in [2.24, 2.45) is 10.9 Å². The standard InChI is InChI=1S/C10H12Cl2FN3O/c1-2-8(10(14)16-17)15-9-6(11)3-5(13)4-7(9)12/h3-4,8,15,17H,2H2,1H3,(H2,14,16). The third-order valence-corrected chi connectivity index (χ3v) is 2.80. The van der Waals surface area contributed by atoms with Gasteiger partial charge < -0.3 is 16.3 Å². The van der Waals surface area contributed by atoms with E-state index in [1.54, 1.807) is 0 Å². The maximum Gasteiger partial charge on any atom is 0.161 e. The maximum absolute atomic E-state index is 13.0. The van der Waals surface area contributed by atoms with Gasteiger partial charge in [0.2, 0.25) is 0 Å². The molecule has 0 spiro atoms. The fourth-order valence-electron chi connectivity index (χ4n) is 1.31. The van der Waals surface area contributed by atoms with E-state index in [0.29, 0.717) is 12.1 Å². The lowest BCUT2D eigenvalue weighted by Gasteiger charge is -2.18. The molecule has 1 unspecified atom stereocenters. The van der Waals surface area contributed by atoms with Crippen LogP contribution in [0, 0.1) is 5.82 Å². The number of nitrogens with zero attached hydrogens (tertiary/aromatic N) is 1. The number of nitrogens with one attached hydrogen (secondary N) is 1. The fourth-order valence-corrected chi connectivity index (χ4v) is 1.88. The molecule has 94 valence electrons. The van der Waals surface area contributed by atoms with Gasteiger partial charge in [-0.1, -0.05) is 35.3 Å². The van der Waals surface area contributed by atoms with Crippen molar-refractivity contribution in [3.05, 3.63) is 28.0 Å². The maximum atomic E-state index is 13.0. The van der Waals surface area contributed by atoms with E-state index in [9.17, 15) is 4.39 Å². The molecule has 1 aromatic rings. The Labute approximate surface area is 108 Å². The van der Waals surface area contributed by atoms with E-state index >= 15 is 0 Å². The van der Waals surface area contributed by atoms with Gasteiger partial charge >= 0.3 is 0 Å². The SMILES string of the molecule is CCC(Nc1c(Cl)cc(F)cc1Cl)C(N)=NO. The van der Waals surface area contributed by atoms with Crippen LogP contribution >= 0.6 is 23.2 Å². The van der Waals surface area contributed by atoms with Crippen molar-refractivity contribution in [2.45, 2.75) is 19.4 Å². The molecule has 0 aliphatic rings. The van der Waals surface area contributed by atoms with E-state index in [2.05, 4.69) is 10.5 Å². The minimum absolute atomic E-state index is 0.00367. The number of benzene rings is 1. The molecule has 0 aliphatic carbocycles. The van der Waals surface area contributed by atoms with Crippen molar-refractivity contribution in [3.8, 4) is 0 Å². The van der Waals surface area contributed by atoms with Gasteiger partial charge in [-0.15, -0.1) is 0 Å². The monoisotopic (exact) mass is 279 g/mol. The minimum Gasteiger partial charge on any atom is -0.409 e. The molecule has 4 N–H and O–H groups in total. The van der Waals surface area contributed by atoms with Crippen molar-refractivity contribution < 1.29 is 9.60 Å². The third kappa shape index (κ3) is 3.38. The molecule has 1 aromatic carbocycles. The largest absolute Gasteiger partial charge is 0.409 e. The van der Waals surface area contributed by atoms with Crippen molar-refractivity contribution >= 4 is 34.7 Å². The zero-order valence-corrected chi connectivity index (χ0v) is 10.6. The number of amidine groups is 1. The third-order valence-electron chi connectivity index (χ3n) is 2.21. The summed E-state index contributed by atoms with van der Waals surface area (Å²) in [6.07, 6.45) is 0.555. The summed E-state index contributed by atoms with van der Waals surface area (Å²) >= 11 is 11.7. The van der Waals surface area contributed by atoms with Crippen molar-refractivity contribution in [1.82, 2.24) is 0 Å². The summed E-state index contributed by atoms with van der Waals surface area (Å²) in [5.74, 6) is -0.522. The highest BCUT2D eigenvalue weighted by atomic mass is 35.5. The number of anilines is 1. The van der Waals surface area contributed by atoms with E-state index in [1.165, 1.54) is 0 Å². The molecule has 4 nitrogen and oxygen atoms in total. The lowest BCUT2D eigenvalue weighted by Crippen LogP contribution is -2.35. The molecule has 0 fully saturated rings. The number of oxime groups is 1. The molecule has 0 radical (unpaired) electrons. The second kappa shape index (κ2) is 5.93. The molecule has 0 amide bonds. The van der Waals surface area contributed by atoms with E-state index < -0.39 is 11.9 Å². The smallest absolute Gasteiger partial charge is 0.161 e. The van der Waals surface area contributed by atoms with E-state index in [0.717, 1.165) is 12.1 Å². The Bertz CT molecular complexity index is 417. The number of hydrogen-bond acceptors (Lipinski definition) is 3. The van der Waals surface area contributed by atoms with E-state index in [1.807, 2.05) is 6.92 Å². The first-order chi connectivity index (χ1) is 7.99. The quantitative estimate of drug-likeness (QED) is 0.343. The van der Waals surface area contributed by atoms with Crippen molar-refractivity contribution in [2.75, 3.05) is 5.32 Å². The lowest BCUT2D eigenvalue weighted by molar-refractivity contribution is 0.316. The lowest BCUT2D eigenvalue weighted by atomic mass is 10.2. The molecule has 0 heterocycles. The highest BCUT2D eigenvalue weighted by Gasteiger charge is 2.16. The van der Waals surface area contributed by atoms with Crippen molar-refractivity contribution in [3.63, 3.8) is 0 Å². The van der Waals surface area contributed by atoms with E-state index in [-0.39, 0.29) is 15.9 Å². The Hall–Kier alpha value is -1.20. The Morgan fingerprint density at radius 2 is 2.06 bits per heavy atom. The molecule has 0 aromatic heterocycles. The van der Waals surface area contributed by atoms with Crippen LogP contribution in [-0.2, 0) is 0 Å². The highest BCUT2D eigenvalue weighted by Crippen LogP contribution is 2.32. The minimum atomic E-state index is -0.526. The van der Waals surface area contributed by atoms with Crippen LogP contribution in [0.25, 0.3) is 0 Å². The second-order valence-electron chi connectivity index (χ2n) is 3.37. The normalized spacial score (nSPS) is 13.5. The van der Waals surface area contributed by atoms with Gasteiger partial charge in [0.1, 0.15) is 5.82 Å². The number of hydrogen-bond donors (Lipinski definition) is 3. The first-order valence-electron chi connectivity index (χ1n) is 4.88. The van der Waals surface area contributed by atoms with Gasteiger partial charge in [0.05, 0.1) is 21.8 Å². The van der Waals surface area contributed by atoms with Crippen LogP contribution in [0.3, 0.4) is 0 Å². The number of halogens is 3. The molecule has 17 heavy (non-hydrogen) atoms. The van der Waals surface area contributed by atoms with Gasteiger partial charge in [0.15, 0.2) is 5.84 Å². The molecule has 7 heteroatoms. The molecule has 0 aliphatic heterocycles. The molecule has 0 saturated carbocycles. The summed E-state index contributed by atoms with van der Waals surface area (Å²) in [7, 11) is 0. The molecule has 0 saturated heterocycles. The molecule has 0 bridgehead atoms. The topological polar surface area (TPSA) is 70.6 Å². The summed E-state index contributed by atoms with van der Waals surface area (Å²) < 4.78 is 13.0. The summed E-state index contributed by atoms with van der Waals surface area (Å²) in [4.78, 5) is 0. The Balaban J connectivity index is 3.02. The van der Waals surface area contributed by atoms with E-state index in [4.69, 9.17) is 34.1 Å². The average Bonchev–Trinajstić information content (AvgIpc) is 2.27. The Morgan fingerprint density at radius 1 is 1.53 bits per heavy atom. The Kier molecular flexibility index (Phi) is 4.84.